The molecule has 0 radical (unpaired) electrons. The zero-order valence-corrected chi connectivity index (χ0v) is 18.3. The number of rotatable bonds is 5. The number of halogens is 1. The van der Waals surface area contributed by atoms with Crippen molar-refractivity contribution in [1.29, 1.82) is 0 Å². The Morgan fingerprint density at radius 3 is 2.30 bits per heavy atom. The summed E-state index contributed by atoms with van der Waals surface area (Å²) in [5, 5.41) is 11.3. The lowest BCUT2D eigenvalue weighted by Crippen LogP contribution is -2.36. The minimum atomic E-state index is 0. The van der Waals surface area contributed by atoms with Gasteiger partial charge in [-0.1, -0.05) is 48.5 Å². The Bertz CT molecular complexity index is 887. The molecule has 0 fully saturated rings. The average molecular weight is 475 g/mol. The van der Waals surface area contributed by atoms with Crippen LogP contribution in [-0.4, -0.2) is 22.8 Å². The fourth-order valence-electron chi connectivity index (χ4n) is 2.92. The molecule has 3 rings (SSSR count). The van der Waals surface area contributed by atoms with Gasteiger partial charge in [-0.3, -0.25) is 4.99 Å². The maximum Gasteiger partial charge on any atom is 0.191 e. The number of para-hydroxylation sites is 1. The number of nitrogens with zero attached hydrogens (tertiary/aromatic N) is 3. The molecular weight excluding hydrogens is 449 g/mol. The highest BCUT2D eigenvalue weighted by atomic mass is 127. The molecule has 0 amide bonds. The zero-order chi connectivity index (χ0) is 18.4. The van der Waals surface area contributed by atoms with Gasteiger partial charge in [-0.15, -0.1) is 24.0 Å². The molecule has 1 aromatic heterocycles. The van der Waals surface area contributed by atoms with Gasteiger partial charge in [0.15, 0.2) is 5.96 Å². The van der Waals surface area contributed by atoms with E-state index in [1.54, 1.807) is 7.05 Å². The predicted molar refractivity (Wildman–Crippen MR) is 122 cm³/mol. The van der Waals surface area contributed by atoms with Crippen molar-refractivity contribution in [3.05, 3.63) is 83.2 Å². The summed E-state index contributed by atoms with van der Waals surface area (Å²) in [5.41, 5.74) is 5.62. The highest BCUT2D eigenvalue weighted by Crippen LogP contribution is 2.16. The monoisotopic (exact) mass is 475 g/mol. The van der Waals surface area contributed by atoms with Gasteiger partial charge in [-0.2, -0.15) is 5.10 Å². The molecule has 0 aliphatic rings. The molecule has 0 aliphatic carbocycles. The SMILES string of the molecule is CN=C(NCc1ccccc1)NCc1ccccc1-n1nc(C)cc1C.I. The Hall–Kier alpha value is -2.35. The Balaban J connectivity index is 0.00000261. The highest BCUT2D eigenvalue weighted by Gasteiger charge is 2.09. The molecule has 142 valence electrons. The van der Waals surface area contributed by atoms with Crippen LogP contribution in [0.2, 0.25) is 0 Å². The van der Waals surface area contributed by atoms with E-state index in [1.807, 2.05) is 41.9 Å². The van der Waals surface area contributed by atoms with Gasteiger partial charge in [0, 0.05) is 25.8 Å². The summed E-state index contributed by atoms with van der Waals surface area (Å²) >= 11 is 0. The predicted octanol–water partition coefficient (Wildman–Crippen LogP) is 3.97. The van der Waals surface area contributed by atoms with Gasteiger partial charge in [0.05, 0.1) is 11.4 Å². The number of guanidine groups is 1. The molecule has 2 aromatic carbocycles. The van der Waals surface area contributed by atoms with Gasteiger partial charge >= 0.3 is 0 Å². The summed E-state index contributed by atoms with van der Waals surface area (Å²) in [5.74, 6) is 0.775. The lowest BCUT2D eigenvalue weighted by molar-refractivity contribution is 0.781. The number of nitrogens with one attached hydrogen (secondary N) is 2. The van der Waals surface area contributed by atoms with Crippen LogP contribution in [0.4, 0.5) is 0 Å². The van der Waals surface area contributed by atoms with E-state index in [1.165, 1.54) is 11.1 Å². The summed E-state index contributed by atoms with van der Waals surface area (Å²) in [6.07, 6.45) is 0. The van der Waals surface area contributed by atoms with Crippen LogP contribution in [0.15, 0.2) is 65.7 Å². The second kappa shape index (κ2) is 10.1. The first-order valence-corrected chi connectivity index (χ1v) is 8.77. The molecule has 0 bridgehead atoms. The zero-order valence-electron chi connectivity index (χ0n) is 15.9. The highest BCUT2D eigenvalue weighted by molar-refractivity contribution is 14.0. The van der Waals surface area contributed by atoms with Crippen LogP contribution in [0.5, 0.6) is 0 Å². The van der Waals surface area contributed by atoms with Crippen LogP contribution in [0, 0.1) is 13.8 Å². The molecule has 6 heteroatoms. The van der Waals surface area contributed by atoms with Crippen molar-refractivity contribution in [1.82, 2.24) is 20.4 Å². The first kappa shape index (κ1) is 21.0. The molecular formula is C21H26IN5. The molecule has 0 saturated heterocycles. The van der Waals surface area contributed by atoms with Crippen LogP contribution >= 0.6 is 24.0 Å². The topological polar surface area (TPSA) is 54.2 Å². The van der Waals surface area contributed by atoms with Crippen LogP contribution in [-0.2, 0) is 13.1 Å². The second-order valence-corrected chi connectivity index (χ2v) is 6.23. The standard InChI is InChI=1S/C21H25N5.HI/c1-16-13-17(2)26(25-16)20-12-8-7-11-19(20)15-24-21(22-3)23-14-18-9-5-4-6-10-18;/h4-13H,14-15H2,1-3H3,(H2,22,23,24);1H. The molecule has 0 spiro atoms. The molecule has 5 nitrogen and oxygen atoms in total. The Morgan fingerprint density at radius 2 is 1.63 bits per heavy atom. The Kier molecular flexibility index (Phi) is 7.84. The minimum Gasteiger partial charge on any atom is -0.352 e. The first-order valence-electron chi connectivity index (χ1n) is 8.77. The van der Waals surface area contributed by atoms with Gasteiger partial charge in [0.2, 0.25) is 0 Å². The van der Waals surface area contributed by atoms with Gasteiger partial charge < -0.3 is 10.6 Å². The fraction of sp³-hybridized carbons (Fsp3) is 0.238. The molecule has 3 aromatic rings. The fourth-order valence-corrected chi connectivity index (χ4v) is 2.92. The van der Waals surface area contributed by atoms with Crippen molar-refractivity contribution in [2.75, 3.05) is 7.05 Å². The van der Waals surface area contributed by atoms with E-state index in [-0.39, 0.29) is 24.0 Å². The number of benzene rings is 2. The molecule has 0 atom stereocenters. The minimum absolute atomic E-state index is 0. The molecule has 27 heavy (non-hydrogen) atoms. The van der Waals surface area contributed by atoms with Crippen molar-refractivity contribution in [2.24, 2.45) is 4.99 Å². The summed E-state index contributed by atoms with van der Waals surface area (Å²) in [7, 11) is 1.78. The number of aryl methyl sites for hydroxylation is 2. The van der Waals surface area contributed by atoms with E-state index >= 15 is 0 Å². The van der Waals surface area contributed by atoms with Crippen molar-refractivity contribution < 1.29 is 0 Å². The van der Waals surface area contributed by atoms with Crippen molar-refractivity contribution >= 4 is 29.9 Å². The molecule has 0 unspecified atom stereocenters. The van der Waals surface area contributed by atoms with Crippen LogP contribution in [0.1, 0.15) is 22.5 Å². The summed E-state index contributed by atoms with van der Waals surface area (Å²) in [6.45, 7) is 5.49. The lowest BCUT2D eigenvalue weighted by Gasteiger charge is -2.15. The quantitative estimate of drug-likeness (QED) is 0.334. The molecule has 0 saturated carbocycles. The van der Waals surface area contributed by atoms with Crippen molar-refractivity contribution in [2.45, 2.75) is 26.9 Å². The van der Waals surface area contributed by atoms with Crippen LogP contribution < -0.4 is 10.6 Å². The molecule has 2 N–H and O–H groups in total. The molecule has 0 aliphatic heterocycles. The second-order valence-electron chi connectivity index (χ2n) is 6.23. The Morgan fingerprint density at radius 1 is 0.963 bits per heavy atom. The average Bonchev–Trinajstić information content (AvgIpc) is 3.01. The van der Waals surface area contributed by atoms with E-state index < -0.39 is 0 Å². The van der Waals surface area contributed by atoms with E-state index in [0.29, 0.717) is 6.54 Å². The third-order valence-electron chi connectivity index (χ3n) is 4.20. The summed E-state index contributed by atoms with van der Waals surface area (Å²) in [6, 6.07) is 20.7. The normalized spacial score (nSPS) is 11.0. The number of hydrogen-bond acceptors (Lipinski definition) is 2. The third-order valence-corrected chi connectivity index (χ3v) is 4.20. The Labute approximate surface area is 177 Å². The van der Waals surface area contributed by atoms with E-state index in [9.17, 15) is 0 Å². The third kappa shape index (κ3) is 5.56. The van der Waals surface area contributed by atoms with Crippen molar-refractivity contribution in [3.8, 4) is 5.69 Å². The maximum atomic E-state index is 4.61. The smallest absolute Gasteiger partial charge is 0.191 e. The van der Waals surface area contributed by atoms with Crippen LogP contribution in [0.3, 0.4) is 0 Å². The van der Waals surface area contributed by atoms with E-state index in [2.05, 4.69) is 58.0 Å². The summed E-state index contributed by atoms with van der Waals surface area (Å²) < 4.78 is 1.99. The van der Waals surface area contributed by atoms with Crippen molar-refractivity contribution in [3.63, 3.8) is 0 Å². The van der Waals surface area contributed by atoms with Crippen LogP contribution in [0.25, 0.3) is 5.69 Å². The van der Waals surface area contributed by atoms with Gasteiger partial charge in [-0.25, -0.2) is 4.68 Å². The van der Waals surface area contributed by atoms with Gasteiger partial charge in [0.1, 0.15) is 0 Å². The first-order chi connectivity index (χ1) is 12.7. The summed E-state index contributed by atoms with van der Waals surface area (Å²) in [4.78, 5) is 4.31. The largest absolute Gasteiger partial charge is 0.352 e. The molecule has 1 heterocycles. The van der Waals surface area contributed by atoms with E-state index in [0.717, 1.165) is 29.6 Å². The number of hydrogen-bond donors (Lipinski definition) is 2. The number of aliphatic imine (C=N–C) groups is 1. The van der Waals surface area contributed by atoms with E-state index in [4.69, 9.17) is 0 Å². The lowest BCUT2D eigenvalue weighted by atomic mass is 10.1. The van der Waals surface area contributed by atoms with Gasteiger partial charge in [-0.05, 0) is 37.1 Å². The maximum absolute atomic E-state index is 4.61. The number of aromatic nitrogens is 2. The van der Waals surface area contributed by atoms with Gasteiger partial charge in [0.25, 0.3) is 0 Å².